The number of benzene rings is 1. The summed E-state index contributed by atoms with van der Waals surface area (Å²) in [6, 6.07) is 3.75. The Kier molecular flexibility index (Phi) is 5.18. The number of amides is 1. The lowest BCUT2D eigenvalue weighted by Crippen LogP contribution is -2.36. The highest BCUT2D eigenvalue weighted by Crippen LogP contribution is 2.19. The molecule has 0 saturated carbocycles. The maximum atomic E-state index is 11.7. The van der Waals surface area contributed by atoms with Crippen LogP contribution in [0.1, 0.15) is 10.4 Å². The summed E-state index contributed by atoms with van der Waals surface area (Å²) in [5, 5.41) is 30.2. The Hall–Kier alpha value is -1.75. The standard InChI is InChI=1S/C10H9IN2O6/c11-7-2-1-5(13(18)19)3-6(7)9(15)12-4-8(14)10(16)17/h1-3,8,14H,4H2,(H,12,15)(H,16,17). The molecular weight excluding hydrogens is 371 g/mol. The molecule has 0 aliphatic rings. The molecular formula is C10H9IN2O6. The van der Waals surface area contributed by atoms with E-state index >= 15 is 0 Å². The van der Waals surface area contributed by atoms with Crippen LogP contribution in [0.2, 0.25) is 0 Å². The summed E-state index contributed by atoms with van der Waals surface area (Å²) >= 11 is 1.82. The molecule has 9 heteroatoms. The molecule has 1 aromatic rings. The normalized spacial score (nSPS) is 11.7. The summed E-state index contributed by atoms with van der Waals surface area (Å²) in [5.74, 6) is -2.15. The number of carbonyl (C=O) groups is 2. The van der Waals surface area contributed by atoms with E-state index in [4.69, 9.17) is 10.2 Å². The molecule has 1 aromatic carbocycles. The lowest BCUT2D eigenvalue weighted by molar-refractivity contribution is -0.384. The summed E-state index contributed by atoms with van der Waals surface area (Å²) in [4.78, 5) is 32.0. The summed E-state index contributed by atoms with van der Waals surface area (Å²) in [5.41, 5.74) is -0.197. The molecule has 1 unspecified atom stereocenters. The molecule has 1 rings (SSSR count). The summed E-state index contributed by atoms with van der Waals surface area (Å²) in [7, 11) is 0. The molecule has 8 nitrogen and oxygen atoms in total. The number of hydrogen-bond donors (Lipinski definition) is 3. The molecule has 0 aliphatic carbocycles. The number of nitro groups is 1. The van der Waals surface area contributed by atoms with E-state index < -0.39 is 29.4 Å². The molecule has 0 saturated heterocycles. The third kappa shape index (κ3) is 4.13. The number of non-ortho nitro benzene ring substituents is 1. The van der Waals surface area contributed by atoms with Gasteiger partial charge in [0.25, 0.3) is 11.6 Å². The SMILES string of the molecule is O=C(NCC(O)C(=O)O)c1cc([N+](=O)[O-])ccc1I. The first-order valence-electron chi connectivity index (χ1n) is 4.96. The van der Waals surface area contributed by atoms with Crippen LogP contribution in [-0.2, 0) is 4.79 Å². The van der Waals surface area contributed by atoms with E-state index in [1.165, 1.54) is 12.1 Å². The van der Waals surface area contributed by atoms with Gasteiger partial charge in [0, 0.05) is 15.7 Å². The zero-order valence-electron chi connectivity index (χ0n) is 9.37. The van der Waals surface area contributed by atoms with Gasteiger partial charge in [0.05, 0.1) is 17.0 Å². The van der Waals surface area contributed by atoms with Crippen molar-refractivity contribution in [3.63, 3.8) is 0 Å². The monoisotopic (exact) mass is 380 g/mol. The molecule has 0 heterocycles. The number of carbonyl (C=O) groups excluding carboxylic acids is 1. The van der Waals surface area contributed by atoms with Crippen LogP contribution in [0.25, 0.3) is 0 Å². The molecule has 0 spiro atoms. The van der Waals surface area contributed by atoms with E-state index in [0.29, 0.717) is 3.57 Å². The van der Waals surface area contributed by atoms with Crippen LogP contribution in [-0.4, -0.2) is 39.7 Å². The molecule has 0 radical (unpaired) electrons. The van der Waals surface area contributed by atoms with E-state index in [0.717, 1.165) is 6.07 Å². The number of hydrogen-bond acceptors (Lipinski definition) is 5. The smallest absolute Gasteiger partial charge is 0.334 e. The van der Waals surface area contributed by atoms with Gasteiger partial charge in [0.2, 0.25) is 0 Å². The van der Waals surface area contributed by atoms with Crippen molar-refractivity contribution in [2.75, 3.05) is 6.54 Å². The van der Waals surface area contributed by atoms with Gasteiger partial charge >= 0.3 is 5.97 Å². The predicted octanol–water partition coefficient (Wildman–Crippen LogP) is 0.375. The Morgan fingerprint density at radius 1 is 1.47 bits per heavy atom. The average Bonchev–Trinajstić information content (AvgIpc) is 2.35. The first-order chi connectivity index (χ1) is 8.82. The van der Waals surface area contributed by atoms with Crippen LogP contribution in [0.15, 0.2) is 18.2 Å². The van der Waals surface area contributed by atoms with Crippen LogP contribution < -0.4 is 5.32 Å². The largest absolute Gasteiger partial charge is 0.479 e. The minimum Gasteiger partial charge on any atom is -0.479 e. The molecule has 0 aliphatic heterocycles. The number of nitrogens with zero attached hydrogens (tertiary/aromatic N) is 1. The van der Waals surface area contributed by atoms with Gasteiger partial charge < -0.3 is 15.5 Å². The van der Waals surface area contributed by atoms with Crippen LogP contribution in [0, 0.1) is 13.7 Å². The maximum Gasteiger partial charge on any atom is 0.334 e. The first-order valence-corrected chi connectivity index (χ1v) is 6.04. The Bertz CT molecular complexity index is 533. The molecule has 102 valence electrons. The predicted molar refractivity (Wildman–Crippen MR) is 71.8 cm³/mol. The van der Waals surface area contributed by atoms with Gasteiger partial charge in [-0.25, -0.2) is 4.79 Å². The van der Waals surface area contributed by atoms with Gasteiger partial charge in [-0.1, -0.05) is 0 Å². The molecule has 0 fully saturated rings. The summed E-state index contributed by atoms with van der Waals surface area (Å²) < 4.78 is 0.477. The Balaban J connectivity index is 2.84. The number of nitrogens with one attached hydrogen (secondary N) is 1. The second-order valence-corrected chi connectivity index (χ2v) is 4.65. The Morgan fingerprint density at radius 2 is 2.11 bits per heavy atom. The van der Waals surface area contributed by atoms with Crippen molar-refractivity contribution in [2.45, 2.75) is 6.10 Å². The Morgan fingerprint density at radius 3 is 2.63 bits per heavy atom. The van der Waals surface area contributed by atoms with Crippen molar-refractivity contribution in [3.8, 4) is 0 Å². The average molecular weight is 380 g/mol. The molecule has 0 bridgehead atoms. The minimum absolute atomic E-state index is 0.0485. The van der Waals surface area contributed by atoms with Gasteiger partial charge in [-0.15, -0.1) is 0 Å². The quantitative estimate of drug-likeness (QED) is 0.385. The van der Waals surface area contributed by atoms with Gasteiger partial charge in [-0.2, -0.15) is 0 Å². The fourth-order valence-electron chi connectivity index (χ4n) is 1.17. The van der Waals surface area contributed by atoms with Gasteiger partial charge in [0.1, 0.15) is 0 Å². The van der Waals surface area contributed by atoms with E-state index in [2.05, 4.69) is 5.32 Å². The van der Waals surface area contributed by atoms with Crippen molar-refractivity contribution in [1.29, 1.82) is 0 Å². The van der Waals surface area contributed by atoms with E-state index in [1.807, 2.05) is 22.6 Å². The lowest BCUT2D eigenvalue weighted by atomic mass is 10.2. The molecule has 3 N–H and O–H groups in total. The van der Waals surface area contributed by atoms with Crippen molar-refractivity contribution in [3.05, 3.63) is 37.4 Å². The zero-order valence-corrected chi connectivity index (χ0v) is 11.5. The fourth-order valence-corrected chi connectivity index (χ4v) is 1.75. The number of aliphatic hydroxyl groups excluding tert-OH is 1. The number of carboxylic acids is 1. The van der Waals surface area contributed by atoms with Crippen LogP contribution in [0.5, 0.6) is 0 Å². The minimum atomic E-state index is -1.72. The van der Waals surface area contributed by atoms with Gasteiger partial charge in [-0.05, 0) is 28.7 Å². The maximum absolute atomic E-state index is 11.7. The van der Waals surface area contributed by atoms with Crippen molar-refractivity contribution < 1.29 is 24.7 Å². The van der Waals surface area contributed by atoms with E-state index in [-0.39, 0.29) is 11.3 Å². The molecule has 1 amide bonds. The summed E-state index contributed by atoms with van der Waals surface area (Å²) in [6.45, 7) is -0.479. The number of carboxylic acid groups (broad SMARTS) is 1. The number of aliphatic hydroxyl groups is 1. The molecule has 1 atom stereocenters. The highest BCUT2D eigenvalue weighted by Gasteiger charge is 2.18. The number of nitro benzene ring substituents is 1. The van der Waals surface area contributed by atoms with Crippen LogP contribution in [0.3, 0.4) is 0 Å². The van der Waals surface area contributed by atoms with E-state index in [9.17, 15) is 19.7 Å². The molecule has 0 aromatic heterocycles. The zero-order chi connectivity index (χ0) is 14.6. The number of aliphatic carboxylic acids is 1. The van der Waals surface area contributed by atoms with Crippen LogP contribution >= 0.6 is 22.6 Å². The van der Waals surface area contributed by atoms with Crippen LogP contribution in [0.4, 0.5) is 5.69 Å². The fraction of sp³-hybridized carbons (Fsp3) is 0.200. The second-order valence-electron chi connectivity index (χ2n) is 3.49. The number of rotatable bonds is 5. The third-order valence-electron chi connectivity index (χ3n) is 2.15. The Labute approximate surface area is 120 Å². The third-order valence-corrected chi connectivity index (χ3v) is 3.09. The van der Waals surface area contributed by atoms with Gasteiger partial charge in [0.15, 0.2) is 6.10 Å². The summed E-state index contributed by atoms with van der Waals surface area (Å²) in [6.07, 6.45) is -1.72. The molecule has 19 heavy (non-hydrogen) atoms. The van der Waals surface area contributed by atoms with E-state index in [1.54, 1.807) is 0 Å². The highest BCUT2D eigenvalue weighted by atomic mass is 127. The van der Waals surface area contributed by atoms with Crippen molar-refractivity contribution >= 4 is 40.2 Å². The van der Waals surface area contributed by atoms with Crippen molar-refractivity contribution in [2.24, 2.45) is 0 Å². The lowest BCUT2D eigenvalue weighted by Gasteiger charge is -2.08. The second kappa shape index (κ2) is 6.43. The topological polar surface area (TPSA) is 130 Å². The van der Waals surface area contributed by atoms with Gasteiger partial charge in [-0.3, -0.25) is 14.9 Å². The van der Waals surface area contributed by atoms with Crippen molar-refractivity contribution in [1.82, 2.24) is 5.32 Å². The first kappa shape index (κ1) is 15.3. The number of halogens is 1. The highest BCUT2D eigenvalue weighted by molar-refractivity contribution is 14.1.